The fourth-order valence-electron chi connectivity index (χ4n) is 3.14. The van der Waals surface area contributed by atoms with Gasteiger partial charge in [0.1, 0.15) is 24.6 Å². The SMILES string of the molecule is CN(C)CCC(O)C=O.COc1nn(CC(F)F)cc1Nc1nccc(-c2cccc(-c3ccn[nH]3)n2)n1. The number of methoxy groups -OCH3 is 1. The second-order valence-corrected chi connectivity index (χ2v) is 8.23. The number of anilines is 2. The molecular weight excluding hydrogens is 500 g/mol. The van der Waals surface area contributed by atoms with E-state index in [0.717, 1.165) is 22.6 Å². The maximum Gasteiger partial charge on any atom is 0.257 e. The van der Waals surface area contributed by atoms with Gasteiger partial charge in [-0.25, -0.2) is 23.7 Å². The summed E-state index contributed by atoms with van der Waals surface area (Å²) in [4.78, 5) is 25.0. The summed E-state index contributed by atoms with van der Waals surface area (Å²) >= 11 is 0. The van der Waals surface area contributed by atoms with E-state index in [1.54, 1.807) is 18.5 Å². The molecule has 0 saturated heterocycles. The van der Waals surface area contributed by atoms with Crippen LogP contribution in [0.3, 0.4) is 0 Å². The summed E-state index contributed by atoms with van der Waals surface area (Å²) in [5.41, 5.74) is 3.12. The van der Waals surface area contributed by atoms with Gasteiger partial charge in [0, 0.05) is 18.9 Å². The highest BCUT2D eigenvalue weighted by atomic mass is 19.3. The third kappa shape index (κ3) is 8.38. The van der Waals surface area contributed by atoms with Crippen LogP contribution in [0.2, 0.25) is 0 Å². The van der Waals surface area contributed by atoms with Crippen molar-refractivity contribution in [1.29, 1.82) is 0 Å². The van der Waals surface area contributed by atoms with Crippen LogP contribution in [0.4, 0.5) is 20.4 Å². The number of H-pyrrole nitrogens is 1. The zero-order valence-electron chi connectivity index (χ0n) is 21.1. The van der Waals surface area contributed by atoms with Crippen LogP contribution in [0.15, 0.2) is 48.9 Å². The molecular formula is C24H29F2N9O3. The summed E-state index contributed by atoms with van der Waals surface area (Å²) in [5.74, 6) is 0.421. The Morgan fingerprint density at radius 1 is 1.16 bits per heavy atom. The fraction of sp³-hybridized carbons (Fsp3) is 0.333. The lowest BCUT2D eigenvalue weighted by Crippen LogP contribution is -2.19. The lowest BCUT2D eigenvalue weighted by atomic mass is 10.2. The quantitative estimate of drug-likeness (QED) is 0.248. The first-order chi connectivity index (χ1) is 18.3. The molecule has 4 heterocycles. The molecule has 0 aromatic carbocycles. The molecule has 0 aliphatic rings. The van der Waals surface area contributed by atoms with Gasteiger partial charge in [0.15, 0.2) is 0 Å². The zero-order chi connectivity index (χ0) is 27.5. The Hall–Kier alpha value is -4.30. The van der Waals surface area contributed by atoms with Crippen molar-refractivity contribution in [2.24, 2.45) is 0 Å². The molecule has 38 heavy (non-hydrogen) atoms. The Kier molecular flexibility index (Phi) is 10.3. The van der Waals surface area contributed by atoms with Crippen LogP contribution in [-0.2, 0) is 11.3 Å². The van der Waals surface area contributed by atoms with E-state index < -0.39 is 19.1 Å². The summed E-state index contributed by atoms with van der Waals surface area (Å²) in [6.45, 7) is 0.211. The standard InChI is InChI=1S/C18H16F2N8O.C6H13NO2/c1-29-17-15(9-28(27-17)10-16(19)20)25-18-21-7-5-13(24-18)11-3-2-4-12(23-11)14-6-8-22-26-14;1-7(2)4-3-6(9)5-8/h2-9,16H,10H2,1H3,(H,22,26)(H,21,24,25);5-6,9H,3-4H2,1-2H3. The molecule has 1 atom stereocenters. The molecule has 3 N–H and O–H groups in total. The topological polar surface area (TPSA) is 147 Å². The van der Waals surface area contributed by atoms with Crippen molar-refractivity contribution < 1.29 is 23.4 Å². The number of ether oxygens (including phenoxy) is 1. The Bertz CT molecular complexity index is 1280. The van der Waals surface area contributed by atoms with E-state index in [4.69, 9.17) is 9.84 Å². The number of rotatable bonds is 11. The molecule has 0 spiro atoms. The fourth-order valence-corrected chi connectivity index (χ4v) is 3.14. The number of nitrogens with one attached hydrogen (secondary N) is 2. The second kappa shape index (κ2) is 13.9. The molecule has 4 aromatic rings. The van der Waals surface area contributed by atoms with Crippen LogP contribution < -0.4 is 10.1 Å². The van der Waals surface area contributed by atoms with Gasteiger partial charge in [-0.2, -0.15) is 5.10 Å². The monoisotopic (exact) mass is 529 g/mol. The number of halogens is 2. The van der Waals surface area contributed by atoms with Gasteiger partial charge < -0.3 is 24.9 Å². The highest BCUT2D eigenvalue weighted by Gasteiger charge is 2.14. The van der Waals surface area contributed by atoms with E-state index in [9.17, 15) is 13.6 Å². The van der Waals surface area contributed by atoms with Crippen LogP contribution in [0.5, 0.6) is 5.88 Å². The molecule has 0 fully saturated rings. The predicted octanol–water partition coefficient (Wildman–Crippen LogP) is 2.64. The minimum Gasteiger partial charge on any atom is -0.478 e. The van der Waals surface area contributed by atoms with Gasteiger partial charge in [-0.3, -0.25) is 9.78 Å². The normalized spacial score (nSPS) is 11.7. The number of aliphatic hydroxyl groups is 1. The van der Waals surface area contributed by atoms with Crippen LogP contribution >= 0.6 is 0 Å². The molecule has 14 heteroatoms. The van der Waals surface area contributed by atoms with Gasteiger partial charge in [-0.15, -0.1) is 5.10 Å². The first kappa shape index (κ1) is 28.3. The first-order valence-corrected chi connectivity index (χ1v) is 11.5. The molecule has 0 aliphatic heterocycles. The molecule has 0 radical (unpaired) electrons. The van der Waals surface area contributed by atoms with E-state index in [2.05, 4.69) is 35.6 Å². The Labute approximate surface area is 217 Å². The maximum atomic E-state index is 12.6. The van der Waals surface area contributed by atoms with Gasteiger partial charge in [-0.05, 0) is 44.8 Å². The van der Waals surface area contributed by atoms with E-state index in [0.29, 0.717) is 29.8 Å². The van der Waals surface area contributed by atoms with E-state index in [-0.39, 0.29) is 11.8 Å². The van der Waals surface area contributed by atoms with Crippen LogP contribution in [0.25, 0.3) is 22.8 Å². The van der Waals surface area contributed by atoms with Crippen molar-refractivity contribution in [3.8, 4) is 28.7 Å². The second-order valence-electron chi connectivity index (χ2n) is 8.23. The number of hydrogen-bond donors (Lipinski definition) is 3. The third-order valence-electron chi connectivity index (χ3n) is 4.97. The van der Waals surface area contributed by atoms with Crippen molar-refractivity contribution in [3.05, 3.63) is 48.9 Å². The van der Waals surface area contributed by atoms with Gasteiger partial charge >= 0.3 is 0 Å². The highest BCUT2D eigenvalue weighted by molar-refractivity contribution is 5.64. The minimum absolute atomic E-state index is 0.166. The van der Waals surface area contributed by atoms with Gasteiger partial charge in [0.2, 0.25) is 5.95 Å². The average Bonchev–Trinajstić information content (AvgIpc) is 3.58. The molecule has 12 nitrogen and oxygen atoms in total. The predicted molar refractivity (Wildman–Crippen MR) is 136 cm³/mol. The lowest BCUT2D eigenvalue weighted by Gasteiger charge is -2.09. The Morgan fingerprint density at radius 3 is 2.58 bits per heavy atom. The van der Waals surface area contributed by atoms with Gasteiger partial charge in [0.25, 0.3) is 12.3 Å². The van der Waals surface area contributed by atoms with E-state index >= 15 is 0 Å². The number of aromatic nitrogens is 7. The zero-order valence-corrected chi connectivity index (χ0v) is 21.1. The van der Waals surface area contributed by atoms with E-state index in [1.807, 2.05) is 43.3 Å². The van der Waals surface area contributed by atoms with Crippen molar-refractivity contribution in [3.63, 3.8) is 0 Å². The molecule has 0 aliphatic carbocycles. The van der Waals surface area contributed by atoms with Crippen molar-refractivity contribution in [2.75, 3.05) is 33.1 Å². The number of aromatic amines is 1. The molecule has 1 unspecified atom stereocenters. The number of pyridine rings is 1. The number of aliphatic hydroxyl groups excluding tert-OH is 1. The Balaban J connectivity index is 0.000000383. The summed E-state index contributed by atoms with van der Waals surface area (Å²) in [6.07, 6.45) is 2.41. The largest absolute Gasteiger partial charge is 0.478 e. The van der Waals surface area contributed by atoms with Crippen LogP contribution in [0.1, 0.15) is 6.42 Å². The lowest BCUT2D eigenvalue weighted by molar-refractivity contribution is -0.115. The minimum atomic E-state index is -2.53. The molecule has 0 bridgehead atoms. The molecule has 0 saturated carbocycles. The summed E-state index contributed by atoms with van der Waals surface area (Å²) in [7, 11) is 5.21. The van der Waals surface area contributed by atoms with Crippen molar-refractivity contribution in [2.45, 2.75) is 25.5 Å². The maximum absolute atomic E-state index is 12.6. The number of aldehydes is 1. The summed E-state index contributed by atoms with van der Waals surface area (Å²) < 4.78 is 31.5. The number of alkyl halides is 2. The number of carbonyl (C=O) groups excluding carboxylic acids is 1. The first-order valence-electron chi connectivity index (χ1n) is 11.5. The molecule has 4 aromatic heterocycles. The molecule has 4 rings (SSSR count). The smallest absolute Gasteiger partial charge is 0.257 e. The Morgan fingerprint density at radius 2 is 1.92 bits per heavy atom. The van der Waals surface area contributed by atoms with Crippen LogP contribution in [-0.4, -0.2) is 91.5 Å². The molecule has 0 amide bonds. The van der Waals surface area contributed by atoms with Gasteiger partial charge in [-0.1, -0.05) is 6.07 Å². The highest BCUT2D eigenvalue weighted by Crippen LogP contribution is 2.26. The molecule has 202 valence electrons. The van der Waals surface area contributed by atoms with Crippen molar-refractivity contribution >= 4 is 17.9 Å². The van der Waals surface area contributed by atoms with E-state index in [1.165, 1.54) is 13.3 Å². The van der Waals surface area contributed by atoms with Crippen molar-refractivity contribution in [1.82, 2.24) is 39.8 Å². The van der Waals surface area contributed by atoms with Crippen LogP contribution in [0, 0.1) is 0 Å². The third-order valence-corrected chi connectivity index (χ3v) is 4.97. The van der Waals surface area contributed by atoms with Gasteiger partial charge in [0.05, 0.1) is 36.1 Å². The number of carbonyl (C=O) groups is 1. The number of nitrogens with zero attached hydrogens (tertiary/aromatic N) is 7. The number of hydrogen-bond acceptors (Lipinski definition) is 10. The summed E-state index contributed by atoms with van der Waals surface area (Å²) in [5, 5.41) is 22.4. The average molecular weight is 530 g/mol. The summed E-state index contributed by atoms with van der Waals surface area (Å²) in [6, 6.07) is 9.10.